The molecule has 0 aliphatic heterocycles. The molecule has 0 rings (SSSR count). The number of rotatable bonds is 0. The Balaban J connectivity index is -0.0000000450. The first-order valence-corrected chi connectivity index (χ1v) is 2.60. The van der Waals surface area contributed by atoms with E-state index in [1.165, 1.54) is 0 Å². The minimum Gasteiger partial charge on any atom is 1.00 e. The van der Waals surface area contributed by atoms with Crippen molar-refractivity contribution in [3.8, 4) is 0 Å². The average Bonchev–Trinajstić information content (AvgIpc) is 0.811. The van der Waals surface area contributed by atoms with Gasteiger partial charge in [-0.1, -0.05) is 0 Å². The van der Waals surface area contributed by atoms with Crippen molar-refractivity contribution >= 4 is 14.5 Å². The molecule has 0 aromatic carbocycles. The van der Waals surface area contributed by atoms with Gasteiger partial charge in [-0.2, -0.15) is 0 Å². The molecule has 0 N–H and O–H groups in total. The summed E-state index contributed by atoms with van der Waals surface area (Å²) in [6.07, 6.45) is 0. The molecule has 6 heteroatoms. The van der Waals surface area contributed by atoms with Crippen LogP contribution in [0.4, 0.5) is 0 Å². The Morgan fingerprint density at radius 1 is 1.17 bits per heavy atom. The topological polar surface area (TPSA) is 63.2 Å². The molecule has 0 aliphatic rings. The maximum Gasteiger partial charge on any atom is 1.00 e. The van der Waals surface area contributed by atoms with Crippen molar-refractivity contribution in [1.29, 1.82) is 0 Å². The Morgan fingerprint density at radius 3 is 1.17 bits per heavy atom. The van der Waals surface area contributed by atoms with Crippen LogP contribution in [0.3, 0.4) is 0 Å². The Bertz CT molecular complexity index is 31.8. The predicted molar refractivity (Wildman–Crippen MR) is 6.44 cm³/mol. The minimum atomic E-state index is -3.79. The first-order chi connectivity index (χ1) is 1.73. The van der Waals surface area contributed by atoms with Gasteiger partial charge in [0, 0.05) is 0 Å². The molecule has 0 aromatic rings. The third-order valence-corrected chi connectivity index (χ3v) is 0. The zero-order valence-electron chi connectivity index (χ0n) is 3.63. The standard InChI is InChI=1S/H2O3Se.2Rb/c1-4(2)3;;/h(H2,1,2,3);;/q;2*+1/p-2. The second-order valence-corrected chi connectivity index (χ2v) is 1.06. The van der Waals surface area contributed by atoms with Gasteiger partial charge in [-0.15, -0.1) is 0 Å². The van der Waals surface area contributed by atoms with E-state index in [9.17, 15) is 0 Å². The van der Waals surface area contributed by atoms with Crippen molar-refractivity contribution in [2.24, 2.45) is 0 Å². The summed E-state index contributed by atoms with van der Waals surface area (Å²) in [6.45, 7) is 0. The first kappa shape index (κ1) is 16.4. The second kappa shape index (κ2) is 11.6. The SMILES string of the molecule is O=[Se]([O-])[O-].[Rb+].[Rb+]. The summed E-state index contributed by atoms with van der Waals surface area (Å²) in [5.41, 5.74) is 0. The van der Waals surface area contributed by atoms with E-state index in [0.717, 1.165) is 0 Å². The van der Waals surface area contributed by atoms with Gasteiger partial charge in [0.2, 0.25) is 0 Å². The van der Waals surface area contributed by atoms with Gasteiger partial charge in [0.1, 0.15) is 0 Å². The van der Waals surface area contributed by atoms with E-state index >= 15 is 0 Å². The van der Waals surface area contributed by atoms with Gasteiger partial charge in [0.15, 0.2) is 0 Å². The fourth-order valence-electron chi connectivity index (χ4n) is 0. The van der Waals surface area contributed by atoms with Gasteiger partial charge in [0.25, 0.3) is 0 Å². The van der Waals surface area contributed by atoms with Gasteiger partial charge in [-0.25, -0.2) is 0 Å². The Labute approximate surface area is 138 Å². The molecule has 0 fully saturated rings. The normalized spacial score (nSPS) is 5.83. The predicted octanol–water partition coefficient (Wildman–Crippen LogP) is -8.87. The minimum absolute atomic E-state index is 0. The fraction of sp³-hybridized carbons (Fsp3) is 0. The molecule has 0 radical (unpaired) electrons. The largest absolute Gasteiger partial charge is 1.00 e. The van der Waals surface area contributed by atoms with E-state index in [0.29, 0.717) is 0 Å². The van der Waals surface area contributed by atoms with Gasteiger partial charge < -0.3 is 0 Å². The quantitative estimate of drug-likeness (QED) is 0.417. The first-order valence-electron chi connectivity index (χ1n) is 0.500. The van der Waals surface area contributed by atoms with Gasteiger partial charge >= 0.3 is 143 Å². The van der Waals surface area contributed by atoms with E-state index in [-0.39, 0.29) is 116 Å². The third-order valence-electron chi connectivity index (χ3n) is 0. The molecule has 0 amide bonds. The average molecular weight is 298 g/mol. The molecule has 6 heavy (non-hydrogen) atoms. The molecular formula is O3Rb2Se. The molecule has 0 aliphatic carbocycles. The fourth-order valence-corrected chi connectivity index (χ4v) is 0. The van der Waals surface area contributed by atoms with Crippen molar-refractivity contribution < 1.29 is 129 Å². The van der Waals surface area contributed by atoms with Gasteiger partial charge in [-0.05, 0) is 0 Å². The molecule has 0 spiro atoms. The van der Waals surface area contributed by atoms with Crippen LogP contribution < -0.4 is 125 Å². The summed E-state index contributed by atoms with van der Waals surface area (Å²) < 4.78 is 25.6. The summed E-state index contributed by atoms with van der Waals surface area (Å²) in [5, 5.41) is 0. The number of hydrogen-bond acceptors (Lipinski definition) is 3. The zero-order valence-corrected chi connectivity index (χ0v) is 15.2. The molecule has 0 heterocycles. The molecule has 0 aromatic heterocycles. The Hall–Kier alpha value is 3.85. The van der Waals surface area contributed by atoms with Crippen LogP contribution in [0.5, 0.6) is 0 Å². The van der Waals surface area contributed by atoms with Crippen LogP contribution in [0.1, 0.15) is 0 Å². The molecule has 0 bridgehead atoms. The summed E-state index contributed by atoms with van der Waals surface area (Å²) in [7, 11) is 0. The van der Waals surface area contributed by atoms with Crippen LogP contribution in [0.25, 0.3) is 0 Å². The summed E-state index contributed by atoms with van der Waals surface area (Å²) in [5.74, 6) is 0. The van der Waals surface area contributed by atoms with E-state index in [2.05, 4.69) is 0 Å². The number of hydrogen-bond donors (Lipinski definition) is 0. The van der Waals surface area contributed by atoms with Crippen LogP contribution in [0.15, 0.2) is 0 Å². The Morgan fingerprint density at radius 2 is 1.17 bits per heavy atom. The molecule has 3 nitrogen and oxygen atoms in total. The summed E-state index contributed by atoms with van der Waals surface area (Å²) in [6, 6.07) is 0. The maximum absolute atomic E-state index is 8.54. The van der Waals surface area contributed by atoms with E-state index in [1.54, 1.807) is 0 Å². The molecule has 0 saturated heterocycles. The smallest absolute Gasteiger partial charge is 1.00 e. The van der Waals surface area contributed by atoms with Crippen molar-refractivity contribution in [2.75, 3.05) is 0 Å². The van der Waals surface area contributed by atoms with Gasteiger partial charge in [0.05, 0.1) is 0 Å². The van der Waals surface area contributed by atoms with Crippen LogP contribution in [-0.4, -0.2) is 14.5 Å². The van der Waals surface area contributed by atoms with Crippen molar-refractivity contribution in [3.63, 3.8) is 0 Å². The monoisotopic (exact) mass is 298 g/mol. The van der Waals surface area contributed by atoms with Crippen LogP contribution in [0.2, 0.25) is 0 Å². The molecule has 0 unspecified atom stereocenters. The van der Waals surface area contributed by atoms with E-state index < -0.39 is 14.5 Å². The van der Waals surface area contributed by atoms with E-state index in [1.807, 2.05) is 0 Å². The van der Waals surface area contributed by atoms with Crippen molar-refractivity contribution in [2.45, 2.75) is 0 Å². The zero-order chi connectivity index (χ0) is 3.58. The summed E-state index contributed by atoms with van der Waals surface area (Å²) >= 11 is -3.79. The van der Waals surface area contributed by atoms with Crippen molar-refractivity contribution in [3.05, 3.63) is 0 Å². The molecule has 0 atom stereocenters. The summed E-state index contributed by atoms with van der Waals surface area (Å²) in [4.78, 5) is 0. The molecule has 26 valence electrons. The van der Waals surface area contributed by atoms with Gasteiger partial charge in [-0.3, -0.25) is 0 Å². The third kappa shape index (κ3) is 24.9. The van der Waals surface area contributed by atoms with E-state index in [4.69, 9.17) is 12.2 Å². The Kier molecular flexibility index (Phi) is 31.8. The van der Waals surface area contributed by atoms with Crippen LogP contribution >= 0.6 is 0 Å². The second-order valence-electron chi connectivity index (χ2n) is 0.204. The molecular weight excluding hydrogens is 298 g/mol. The van der Waals surface area contributed by atoms with Crippen LogP contribution in [0, 0.1) is 0 Å². The molecule has 0 saturated carbocycles. The van der Waals surface area contributed by atoms with Crippen molar-refractivity contribution in [1.82, 2.24) is 0 Å². The van der Waals surface area contributed by atoms with Crippen LogP contribution in [-0.2, 0) is 3.83 Å². The maximum atomic E-state index is 8.54.